The summed E-state index contributed by atoms with van der Waals surface area (Å²) in [5.74, 6) is 0. The van der Waals surface area contributed by atoms with Gasteiger partial charge in [0, 0.05) is 19.6 Å². The molecule has 164 valence electrons. The number of aliphatic hydroxyl groups is 2. The molecule has 9 heteroatoms. The Kier molecular flexibility index (Phi) is 16.2. The SMILES string of the molecule is C.CC(C)(C)OC(=O)N1CCOCC(O)CC1.Cl.OC1CCNCCOC1. The monoisotopic (exact) mass is 414 g/mol. The van der Waals surface area contributed by atoms with Crippen LogP contribution in [0.15, 0.2) is 0 Å². The molecule has 8 nitrogen and oxygen atoms in total. The number of hydrogen-bond acceptors (Lipinski definition) is 7. The summed E-state index contributed by atoms with van der Waals surface area (Å²) < 4.78 is 15.5. The molecule has 0 aromatic rings. The molecule has 2 fully saturated rings. The van der Waals surface area contributed by atoms with E-state index in [1.54, 1.807) is 4.90 Å². The minimum absolute atomic E-state index is 0. The summed E-state index contributed by atoms with van der Waals surface area (Å²) in [7, 11) is 0. The quantitative estimate of drug-likeness (QED) is 0.551. The van der Waals surface area contributed by atoms with Crippen molar-refractivity contribution in [2.75, 3.05) is 52.6 Å². The van der Waals surface area contributed by atoms with Crippen LogP contribution in [0.4, 0.5) is 4.79 Å². The lowest BCUT2D eigenvalue weighted by Gasteiger charge is -2.29. The van der Waals surface area contributed by atoms with E-state index in [2.05, 4.69) is 5.32 Å². The average molecular weight is 415 g/mol. The molecular formula is C18H39ClN2O6. The van der Waals surface area contributed by atoms with Crippen molar-refractivity contribution < 1.29 is 29.2 Å². The molecule has 0 bridgehead atoms. The third kappa shape index (κ3) is 15.0. The van der Waals surface area contributed by atoms with Crippen LogP contribution in [-0.4, -0.2) is 91.6 Å². The fourth-order valence-corrected chi connectivity index (χ4v) is 2.24. The fourth-order valence-electron chi connectivity index (χ4n) is 2.24. The summed E-state index contributed by atoms with van der Waals surface area (Å²) in [6.45, 7) is 10.4. The molecule has 0 saturated carbocycles. The van der Waals surface area contributed by atoms with Gasteiger partial charge in [0.1, 0.15) is 5.60 Å². The van der Waals surface area contributed by atoms with Gasteiger partial charge >= 0.3 is 6.09 Å². The number of hydrogen-bond donors (Lipinski definition) is 3. The normalized spacial score (nSPS) is 24.3. The molecule has 1 amide bonds. The first kappa shape index (κ1) is 28.6. The molecule has 2 atom stereocenters. The predicted octanol–water partition coefficient (Wildman–Crippen LogP) is 1.42. The summed E-state index contributed by atoms with van der Waals surface area (Å²) in [4.78, 5) is 13.3. The molecule has 0 aliphatic carbocycles. The Labute approximate surface area is 169 Å². The zero-order chi connectivity index (χ0) is 18.7. The van der Waals surface area contributed by atoms with Crippen LogP contribution in [-0.2, 0) is 14.2 Å². The van der Waals surface area contributed by atoms with Crippen molar-refractivity contribution in [2.45, 2.75) is 58.8 Å². The highest BCUT2D eigenvalue weighted by molar-refractivity contribution is 5.85. The number of carbonyl (C=O) groups is 1. The van der Waals surface area contributed by atoms with Gasteiger partial charge in [0.05, 0.1) is 38.6 Å². The van der Waals surface area contributed by atoms with E-state index >= 15 is 0 Å². The van der Waals surface area contributed by atoms with E-state index < -0.39 is 11.7 Å². The highest BCUT2D eigenvalue weighted by Gasteiger charge is 2.23. The van der Waals surface area contributed by atoms with Crippen molar-refractivity contribution in [3.63, 3.8) is 0 Å². The van der Waals surface area contributed by atoms with Crippen LogP contribution in [0.2, 0.25) is 0 Å². The first-order valence-corrected chi connectivity index (χ1v) is 8.98. The molecule has 2 saturated heterocycles. The minimum Gasteiger partial charge on any atom is -0.444 e. The molecule has 2 heterocycles. The van der Waals surface area contributed by atoms with E-state index in [4.69, 9.17) is 19.3 Å². The lowest BCUT2D eigenvalue weighted by atomic mass is 10.2. The number of ether oxygens (including phenoxy) is 3. The summed E-state index contributed by atoms with van der Waals surface area (Å²) in [6, 6.07) is 0. The van der Waals surface area contributed by atoms with Gasteiger partial charge in [-0.1, -0.05) is 7.43 Å². The Bertz CT molecular complexity index is 373. The standard InChI is InChI=1S/C11H21NO4.C6H13NO2.CH4.ClH/c1-11(2,3)16-10(14)12-5-4-9(13)8-15-7-6-12;8-6-1-2-7-3-4-9-5-6;;/h9,13H,4-8H2,1-3H3;6-8H,1-5H2;1H4;1H. The molecule has 3 N–H and O–H groups in total. The van der Waals surface area contributed by atoms with Crippen LogP contribution in [0.5, 0.6) is 0 Å². The van der Waals surface area contributed by atoms with Crippen molar-refractivity contribution >= 4 is 18.5 Å². The topological polar surface area (TPSA) is 100 Å². The number of rotatable bonds is 0. The lowest BCUT2D eigenvalue weighted by molar-refractivity contribution is -0.0156. The predicted molar refractivity (Wildman–Crippen MR) is 108 cm³/mol. The molecule has 2 aliphatic heterocycles. The Morgan fingerprint density at radius 3 is 2.26 bits per heavy atom. The first-order chi connectivity index (χ1) is 11.8. The van der Waals surface area contributed by atoms with Crippen LogP contribution >= 0.6 is 12.4 Å². The van der Waals surface area contributed by atoms with Gasteiger partial charge in [-0.15, -0.1) is 12.4 Å². The van der Waals surface area contributed by atoms with Crippen LogP contribution in [0.3, 0.4) is 0 Å². The summed E-state index contributed by atoms with van der Waals surface area (Å²) >= 11 is 0. The van der Waals surface area contributed by atoms with Gasteiger partial charge in [0.15, 0.2) is 0 Å². The second-order valence-corrected chi connectivity index (χ2v) is 7.25. The van der Waals surface area contributed by atoms with Crippen molar-refractivity contribution in [3.8, 4) is 0 Å². The molecule has 0 spiro atoms. The summed E-state index contributed by atoms with van der Waals surface area (Å²) in [5.41, 5.74) is -0.487. The third-order valence-electron chi connectivity index (χ3n) is 3.59. The van der Waals surface area contributed by atoms with E-state index in [1.165, 1.54) is 0 Å². The number of aliphatic hydroxyl groups excluding tert-OH is 2. The molecule has 2 rings (SSSR count). The maximum atomic E-state index is 11.8. The van der Waals surface area contributed by atoms with Crippen molar-refractivity contribution in [3.05, 3.63) is 0 Å². The van der Waals surface area contributed by atoms with Gasteiger partial charge in [-0.2, -0.15) is 0 Å². The number of nitrogens with one attached hydrogen (secondary N) is 1. The van der Waals surface area contributed by atoms with Crippen LogP contribution in [0.25, 0.3) is 0 Å². The molecule has 2 unspecified atom stereocenters. The van der Waals surface area contributed by atoms with E-state index in [1.807, 2.05) is 20.8 Å². The van der Waals surface area contributed by atoms with Gasteiger partial charge in [-0.25, -0.2) is 4.79 Å². The van der Waals surface area contributed by atoms with Crippen LogP contribution in [0, 0.1) is 0 Å². The molecular weight excluding hydrogens is 376 g/mol. The van der Waals surface area contributed by atoms with Crippen LogP contribution < -0.4 is 5.32 Å². The van der Waals surface area contributed by atoms with E-state index in [0.29, 0.717) is 39.3 Å². The Hall–Kier alpha value is -0.640. The Morgan fingerprint density at radius 1 is 1.04 bits per heavy atom. The third-order valence-corrected chi connectivity index (χ3v) is 3.59. The molecule has 2 aliphatic rings. The number of amides is 1. The fraction of sp³-hybridized carbons (Fsp3) is 0.944. The van der Waals surface area contributed by atoms with Crippen LogP contribution in [0.1, 0.15) is 41.0 Å². The summed E-state index contributed by atoms with van der Waals surface area (Å²) in [6.07, 6.45) is 0.229. The maximum absolute atomic E-state index is 11.8. The Morgan fingerprint density at radius 2 is 1.63 bits per heavy atom. The molecule has 0 aromatic heterocycles. The molecule has 0 aromatic carbocycles. The van der Waals surface area contributed by atoms with E-state index in [-0.39, 0.29) is 32.0 Å². The first-order valence-electron chi connectivity index (χ1n) is 8.98. The number of halogens is 1. The van der Waals surface area contributed by atoms with E-state index in [0.717, 1.165) is 26.1 Å². The second-order valence-electron chi connectivity index (χ2n) is 7.25. The maximum Gasteiger partial charge on any atom is 0.410 e. The average Bonchev–Trinajstić information content (AvgIpc) is 2.46. The minimum atomic E-state index is -0.495. The lowest BCUT2D eigenvalue weighted by Crippen LogP contribution is -2.42. The van der Waals surface area contributed by atoms with Gasteiger partial charge in [-0.3, -0.25) is 0 Å². The Balaban J connectivity index is 0. The van der Waals surface area contributed by atoms with Gasteiger partial charge in [0.2, 0.25) is 0 Å². The summed E-state index contributed by atoms with van der Waals surface area (Å²) in [5, 5.41) is 21.6. The van der Waals surface area contributed by atoms with E-state index in [9.17, 15) is 9.90 Å². The van der Waals surface area contributed by atoms with Crippen molar-refractivity contribution in [1.29, 1.82) is 0 Å². The highest BCUT2D eigenvalue weighted by atomic mass is 35.5. The van der Waals surface area contributed by atoms with Gasteiger partial charge < -0.3 is 34.6 Å². The largest absolute Gasteiger partial charge is 0.444 e. The zero-order valence-electron chi connectivity index (χ0n) is 16.1. The smallest absolute Gasteiger partial charge is 0.410 e. The van der Waals surface area contributed by atoms with Crippen molar-refractivity contribution in [1.82, 2.24) is 10.2 Å². The zero-order valence-corrected chi connectivity index (χ0v) is 16.9. The highest BCUT2D eigenvalue weighted by Crippen LogP contribution is 2.11. The van der Waals surface area contributed by atoms with Gasteiger partial charge in [0.25, 0.3) is 0 Å². The molecule has 27 heavy (non-hydrogen) atoms. The van der Waals surface area contributed by atoms with Crippen molar-refractivity contribution in [2.24, 2.45) is 0 Å². The van der Waals surface area contributed by atoms with Gasteiger partial charge in [-0.05, 0) is 40.2 Å². The number of nitrogens with zero attached hydrogens (tertiary/aromatic N) is 1. The second kappa shape index (κ2) is 15.3. The molecule has 0 radical (unpaired) electrons. The number of carbonyl (C=O) groups excluding carboxylic acids is 1.